The standard InChI is InChI=1S/C10H11FN2O/c1-13-6-9(12-10(13)14)7-3-2-4-8(11)5-7/h2-5,9H,6H2,1H3,(H,12,14). The SMILES string of the molecule is CN1CC(c2cccc(F)c2)NC1=O. The molecule has 2 rings (SSSR count). The molecule has 2 amide bonds. The van der Waals surface area contributed by atoms with Crippen LogP contribution in [-0.4, -0.2) is 24.5 Å². The van der Waals surface area contributed by atoms with Crippen molar-refractivity contribution in [2.24, 2.45) is 0 Å². The van der Waals surface area contributed by atoms with Crippen LogP contribution in [0.5, 0.6) is 0 Å². The Morgan fingerprint density at radius 1 is 1.57 bits per heavy atom. The Morgan fingerprint density at radius 3 is 2.93 bits per heavy atom. The molecule has 14 heavy (non-hydrogen) atoms. The van der Waals surface area contributed by atoms with Crippen LogP contribution >= 0.6 is 0 Å². The molecule has 1 saturated heterocycles. The first kappa shape index (κ1) is 8.99. The first-order chi connectivity index (χ1) is 6.66. The van der Waals surface area contributed by atoms with Gasteiger partial charge < -0.3 is 10.2 Å². The van der Waals surface area contributed by atoms with E-state index in [0.29, 0.717) is 6.54 Å². The minimum Gasteiger partial charge on any atom is -0.329 e. The van der Waals surface area contributed by atoms with E-state index in [1.807, 2.05) is 6.07 Å². The third-order valence-electron chi connectivity index (χ3n) is 2.35. The average molecular weight is 194 g/mol. The van der Waals surface area contributed by atoms with E-state index in [0.717, 1.165) is 5.56 Å². The molecule has 0 spiro atoms. The van der Waals surface area contributed by atoms with E-state index in [9.17, 15) is 9.18 Å². The van der Waals surface area contributed by atoms with E-state index in [-0.39, 0.29) is 17.9 Å². The lowest BCUT2D eigenvalue weighted by Crippen LogP contribution is -2.23. The monoisotopic (exact) mass is 194 g/mol. The van der Waals surface area contributed by atoms with Gasteiger partial charge in [-0.2, -0.15) is 0 Å². The number of hydrogen-bond acceptors (Lipinski definition) is 1. The van der Waals surface area contributed by atoms with Crippen LogP contribution in [-0.2, 0) is 0 Å². The van der Waals surface area contributed by atoms with Gasteiger partial charge in [-0.05, 0) is 17.7 Å². The third-order valence-corrected chi connectivity index (χ3v) is 2.35. The van der Waals surface area contributed by atoms with Crippen LogP contribution in [0.2, 0.25) is 0 Å². The van der Waals surface area contributed by atoms with Gasteiger partial charge >= 0.3 is 6.03 Å². The second kappa shape index (κ2) is 3.29. The van der Waals surface area contributed by atoms with Crippen LogP contribution in [0.3, 0.4) is 0 Å². The number of rotatable bonds is 1. The fourth-order valence-corrected chi connectivity index (χ4v) is 1.57. The summed E-state index contributed by atoms with van der Waals surface area (Å²) in [6.45, 7) is 0.586. The number of carbonyl (C=O) groups excluding carboxylic acids is 1. The molecule has 0 saturated carbocycles. The van der Waals surface area contributed by atoms with Gasteiger partial charge in [0.05, 0.1) is 6.04 Å². The highest BCUT2D eigenvalue weighted by atomic mass is 19.1. The van der Waals surface area contributed by atoms with E-state index in [1.54, 1.807) is 18.0 Å². The van der Waals surface area contributed by atoms with Gasteiger partial charge in [0.1, 0.15) is 5.82 Å². The minimum atomic E-state index is -0.272. The second-order valence-electron chi connectivity index (χ2n) is 3.44. The van der Waals surface area contributed by atoms with Crippen LogP contribution < -0.4 is 5.32 Å². The molecular formula is C10H11FN2O. The van der Waals surface area contributed by atoms with Crippen LogP contribution in [0.25, 0.3) is 0 Å². The molecule has 1 atom stereocenters. The molecular weight excluding hydrogens is 183 g/mol. The summed E-state index contributed by atoms with van der Waals surface area (Å²) in [6, 6.07) is 6.10. The zero-order valence-corrected chi connectivity index (χ0v) is 7.83. The maximum absolute atomic E-state index is 12.9. The fourth-order valence-electron chi connectivity index (χ4n) is 1.57. The molecule has 1 N–H and O–H groups in total. The molecule has 0 aromatic heterocycles. The highest BCUT2D eigenvalue weighted by Gasteiger charge is 2.26. The number of benzene rings is 1. The Balaban J connectivity index is 2.21. The van der Waals surface area contributed by atoms with Crippen molar-refractivity contribution in [2.75, 3.05) is 13.6 Å². The molecule has 1 fully saturated rings. The van der Waals surface area contributed by atoms with Gasteiger partial charge in [-0.3, -0.25) is 0 Å². The fraction of sp³-hybridized carbons (Fsp3) is 0.300. The van der Waals surface area contributed by atoms with Crippen molar-refractivity contribution in [1.29, 1.82) is 0 Å². The summed E-state index contributed by atoms with van der Waals surface area (Å²) in [5.74, 6) is -0.272. The Labute approximate surface area is 81.5 Å². The van der Waals surface area contributed by atoms with Crippen LogP contribution in [0.1, 0.15) is 11.6 Å². The Kier molecular flexibility index (Phi) is 2.11. The van der Waals surface area contributed by atoms with Crippen molar-refractivity contribution in [3.8, 4) is 0 Å². The first-order valence-electron chi connectivity index (χ1n) is 4.44. The van der Waals surface area contributed by atoms with Crippen molar-refractivity contribution in [1.82, 2.24) is 10.2 Å². The van der Waals surface area contributed by atoms with E-state index in [1.165, 1.54) is 12.1 Å². The summed E-state index contributed by atoms with van der Waals surface area (Å²) in [4.78, 5) is 12.7. The summed E-state index contributed by atoms with van der Waals surface area (Å²) < 4.78 is 12.9. The maximum atomic E-state index is 12.9. The molecule has 74 valence electrons. The third kappa shape index (κ3) is 1.55. The summed E-state index contributed by atoms with van der Waals surface area (Å²) in [5.41, 5.74) is 0.808. The molecule has 1 aliphatic heterocycles. The van der Waals surface area contributed by atoms with Crippen molar-refractivity contribution in [3.05, 3.63) is 35.6 Å². The van der Waals surface area contributed by atoms with Gasteiger partial charge in [0.15, 0.2) is 0 Å². The average Bonchev–Trinajstić information content (AvgIpc) is 2.47. The lowest BCUT2D eigenvalue weighted by Gasteiger charge is -2.09. The zero-order valence-electron chi connectivity index (χ0n) is 7.83. The number of amides is 2. The molecule has 1 aromatic rings. The highest BCUT2D eigenvalue weighted by molar-refractivity contribution is 5.76. The molecule has 0 bridgehead atoms. The number of nitrogens with one attached hydrogen (secondary N) is 1. The zero-order chi connectivity index (χ0) is 10.1. The topological polar surface area (TPSA) is 32.3 Å². The number of hydrogen-bond donors (Lipinski definition) is 1. The van der Waals surface area contributed by atoms with Gasteiger partial charge in [0.2, 0.25) is 0 Å². The Bertz CT molecular complexity index is 367. The summed E-state index contributed by atoms with van der Waals surface area (Å²) in [6.07, 6.45) is 0. The van der Waals surface area contributed by atoms with Crippen molar-refractivity contribution in [3.63, 3.8) is 0 Å². The first-order valence-corrected chi connectivity index (χ1v) is 4.44. The predicted molar refractivity (Wildman–Crippen MR) is 50.3 cm³/mol. The summed E-state index contributed by atoms with van der Waals surface area (Å²) in [7, 11) is 1.72. The molecule has 0 radical (unpaired) electrons. The number of halogens is 1. The molecule has 0 aliphatic carbocycles. The lowest BCUT2D eigenvalue weighted by atomic mass is 10.1. The van der Waals surface area contributed by atoms with Gasteiger partial charge in [-0.25, -0.2) is 9.18 Å². The number of nitrogens with zero attached hydrogens (tertiary/aromatic N) is 1. The molecule has 3 nitrogen and oxygen atoms in total. The maximum Gasteiger partial charge on any atom is 0.317 e. The number of likely N-dealkylation sites (N-methyl/N-ethyl adjacent to an activating group) is 1. The van der Waals surface area contributed by atoms with E-state index in [4.69, 9.17) is 0 Å². The van der Waals surface area contributed by atoms with Gasteiger partial charge in [0.25, 0.3) is 0 Å². The predicted octanol–water partition coefficient (Wildman–Crippen LogP) is 1.52. The van der Waals surface area contributed by atoms with Crippen LogP contribution in [0, 0.1) is 5.82 Å². The Hall–Kier alpha value is -1.58. The van der Waals surface area contributed by atoms with Crippen molar-refractivity contribution in [2.45, 2.75) is 6.04 Å². The highest BCUT2D eigenvalue weighted by Crippen LogP contribution is 2.19. The normalized spacial score (nSPS) is 21.1. The van der Waals surface area contributed by atoms with E-state index < -0.39 is 0 Å². The van der Waals surface area contributed by atoms with Gasteiger partial charge in [-0.1, -0.05) is 12.1 Å². The van der Waals surface area contributed by atoms with Gasteiger partial charge in [0, 0.05) is 13.6 Å². The quantitative estimate of drug-likeness (QED) is 0.722. The van der Waals surface area contributed by atoms with Gasteiger partial charge in [-0.15, -0.1) is 0 Å². The van der Waals surface area contributed by atoms with E-state index >= 15 is 0 Å². The summed E-state index contributed by atoms with van der Waals surface area (Å²) >= 11 is 0. The smallest absolute Gasteiger partial charge is 0.317 e. The van der Waals surface area contributed by atoms with Crippen LogP contribution in [0.4, 0.5) is 9.18 Å². The number of urea groups is 1. The lowest BCUT2D eigenvalue weighted by molar-refractivity contribution is 0.226. The number of carbonyl (C=O) groups is 1. The molecule has 1 unspecified atom stereocenters. The molecule has 1 aliphatic rings. The largest absolute Gasteiger partial charge is 0.329 e. The second-order valence-corrected chi connectivity index (χ2v) is 3.44. The van der Waals surface area contributed by atoms with Crippen molar-refractivity contribution >= 4 is 6.03 Å². The molecule has 4 heteroatoms. The van der Waals surface area contributed by atoms with E-state index in [2.05, 4.69) is 5.32 Å². The molecule has 1 heterocycles. The molecule has 1 aromatic carbocycles. The van der Waals surface area contributed by atoms with Crippen molar-refractivity contribution < 1.29 is 9.18 Å². The minimum absolute atomic E-state index is 0.0943. The van der Waals surface area contributed by atoms with Crippen LogP contribution in [0.15, 0.2) is 24.3 Å². The summed E-state index contributed by atoms with van der Waals surface area (Å²) in [5, 5.41) is 2.77. The Morgan fingerprint density at radius 2 is 2.36 bits per heavy atom.